The standard InChI is InChI=1S/C11H16N2O5S2/c1-8(5-10(15)16)6-12-9(14)7-13-20(17,18)11-3-2-4-19-11/h2-4,8,13H,5-7H2,1H3,(H,12,14)(H,15,16). The second-order valence-corrected chi connectivity index (χ2v) is 7.21. The van der Waals surface area contributed by atoms with Gasteiger partial charge in [-0.2, -0.15) is 0 Å². The van der Waals surface area contributed by atoms with Crippen LogP contribution in [0.3, 0.4) is 0 Å². The van der Waals surface area contributed by atoms with Gasteiger partial charge in [0.2, 0.25) is 5.91 Å². The number of carbonyl (C=O) groups is 2. The highest BCUT2D eigenvalue weighted by atomic mass is 32.2. The fourth-order valence-corrected chi connectivity index (χ4v) is 3.39. The number of thiophene rings is 1. The van der Waals surface area contributed by atoms with E-state index in [0.717, 1.165) is 11.3 Å². The Morgan fingerprint density at radius 2 is 2.15 bits per heavy atom. The van der Waals surface area contributed by atoms with Crippen molar-refractivity contribution in [1.29, 1.82) is 0 Å². The fourth-order valence-electron chi connectivity index (χ4n) is 1.37. The van der Waals surface area contributed by atoms with Gasteiger partial charge in [-0.1, -0.05) is 13.0 Å². The van der Waals surface area contributed by atoms with Crippen molar-refractivity contribution in [3.8, 4) is 0 Å². The summed E-state index contributed by atoms with van der Waals surface area (Å²) < 4.78 is 25.8. The predicted molar refractivity (Wildman–Crippen MR) is 73.9 cm³/mol. The van der Waals surface area contributed by atoms with Gasteiger partial charge in [0.05, 0.1) is 6.54 Å². The molecule has 7 nitrogen and oxygen atoms in total. The van der Waals surface area contributed by atoms with Crippen molar-refractivity contribution in [2.45, 2.75) is 17.6 Å². The van der Waals surface area contributed by atoms with Crippen molar-refractivity contribution in [3.05, 3.63) is 17.5 Å². The Kier molecular flexibility index (Phi) is 6.11. The molecule has 1 aromatic heterocycles. The summed E-state index contributed by atoms with van der Waals surface area (Å²) >= 11 is 1.06. The van der Waals surface area contributed by atoms with Crippen LogP contribution in [-0.2, 0) is 19.6 Å². The summed E-state index contributed by atoms with van der Waals surface area (Å²) in [6, 6.07) is 3.05. The van der Waals surface area contributed by atoms with Crippen molar-refractivity contribution in [2.75, 3.05) is 13.1 Å². The summed E-state index contributed by atoms with van der Waals surface area (Å²) in [4.78, 5) is 21.9. The number of carbonyl (C=O) groups excluding carboxylic acids is 1. The summed E-state index contributed by atoms with van der Waals surface area (Å²) in [5, 5.41) is 12.7. The molecule has 9 heteroatoms. The van der Waals surface area contributed by atoms with Crippen LogP contribution in [-0.4, -0.2) is 38.5 Å². The Morgan fingerprint density at radius 3 is 2.70 bits per heavy atom. The minimum absolute atomic E-state index is 0.0544. The maximum Gasteiger partial charge on any atom is 0.303 e. The third-order valence-electron chi connectivity index (χ3n) is 2.35. The van der Waals surface area contributed by atoms with Crippen molar-refractivity contribution in [1.82, 2.24) is 10.0 Å². The number of sulfonamides is 1. The largest absolute Gasteiger partial charge is 0.481 e. The monoisotopic (exact) mass is 320 g/mol. The van der Waals surface area contributed by atoms with E-state index in [1.54, 1.807) is 18.4 Å². The zero-order chi connectivity index (χ0) is 15.2. The minimum Gasteiger partial charge on any atom is -0.481 e. The van der Waals surface area contributed by atoms with E-state index in [1.165, 1.54) is 6.07 Å². The SMILES string of the molecule is CC(CNC(=O)CNS(=O)(=O)c1cccs1)CC(=O)O. The first kappa shape index (κ1) is 16.6. The molecule has 1 atom stereocenters. The van der Waals surface area contributed by atoms with Crippen LogP contribution in [0, 0.1) is 5.92 Å². The molecule has 0 bridgehead atoms. The number of hydrogen-bond donors (Lipinski definition) is 3. The first-order valence-corrected chi connectivity index (χ1v) is 8.19. The highest BCUT2D eigenvalue weighted by Crippen LogP contribution is 2.14. The van der Waals surface area contributed by atoms with E-state index in [0.29, 0.717) is 0 Å². The number of carboxylic acid groups (broad SMARTS) is 1. The van der Waals surface area contributed by atoms with Crippen molar-refractivity contribution >= 4 is 33.2 Å². The average Bonchev–Trinajstić information content (AvgIpc) is 2.87. The summed E-state index contributed by atoms with van der Waals surface area (Å²) in [7, 11) is -3.66. The molecule has 3 N–H and O–H groups in total. The molecule has 0 aliphatic heterocycles. The van der Waals surface area contributed by atoms with Crippen LogP contribution in [0.5, 0.6) is 0 Å². The Labute approximate surface area is 121 Å². The van der Waals surface area contributed by atoms with Gasteiger partial charge in [-0.25, -0.2) is 13.1 Å². The van der Waals surface area contributed by atoms with Gasteiger partial charge in [-0.05, 0) is 17.4 Å². The molecular formula is C11H16N2O5S2. The van der Waals surface area contributed by atoms with Gasteiger partial charge in [0.1, 0.15) is 4.21 Å². The molecule has 0 saturated heterocycles. The Hall–Kier alpha value is -1.45. The molecule has 1 rings (SSSR count). The lowest BCUT2D eigenvalue weighted by atomic mass is 10.1. The van der Waals surface area contributed by atoms with Crippen LogP contribution in [0.15, 0.2) is 21.7 Å². The van der Waals surface area contributed by atoms with Crippen LogP contribution in [0.25, 0.3) is 0 Å². The maximum absolute atomic E-state index is 11.7. The average molecular weight is 320 g/mol. The lowest BCUT2D eigenvalue weighted by Gasteiger charge is -2.10. The Balaban J connectivity index is 2.35. The second-order valence-electron chi connectivity index (χ2n) is 4.26. The third kappa shape index (κ3) is 5.68. The number of nitrogens with one attached hydrogen (secondary N) is 2. The number of hydrogen-bond acceptors (Lipinski definition) is 5. The summed E-state index contributed by atoms with van der Waals surface area (Å²) in [6.45, 7) is 1.50. The number of carboxylic acids is 1. The highest BCUT2D eigenvalue weighted by molar-refractivity contribution is 7.91. The fraction of sp³-hybridized carbons (Fsp3) is 0.455. The molecule has 0 aliphatic rings. The van der Waals surface area contributed by atoms with Gasteiger partial charge >= 0.3 is 5.97 Å². The van der Waals surface area contributed by atoms with Crippen LogP contribution in [0.2, 0.25) is 0 Å². The van der Waals surface area contributed by atoms with Gasteiger partial charge < -0.3 is 10.4 Å². The van der Waals surface area contributed by atoms with E-state index in [-0.39, 0.29) is 29.6 Å². The number of amides is 1. The molecule has 1 unspecified atom stereocenters. The van der Waals surface area contributed by atoms with Crippen LogP contribution < -0.4 is 10.0 Å². The van der Waals surface area contributed by atoms with Crippen LogP contribution >= 0.6 is 11.3 Å². The Morgan fingerprint density at radius 1 is 1.45 bits per heavy atom. The molecular weight excluding hydrogens is 304 g/mol. The molecule has 20 heavy (non-hydrogen) atoms. The Bertz CT molecular complexity index is 553. The van der Waals surface area contributed by atoms with Crippen molar-refractivity contribution < 1.29 is 23.1 Å². The van der Waals surface area contributed by atoms with E-state index < -0.39 is 21.9 Å². The maximum atomic E-state index is 11.7. The van der Waals surface area contributed by atoms with Gasteiger partial charge in [0.15, 0.2) is 0 Å². The quantitative estimate of drug-likeness (QED) is 0.636. The molecule has 112 valence electrons. The predicted octanol–water partition coefficient (Wildman–Crippen LogP) is 0.253. The van der Waals surface area contributed by atoms with Crippen LogP contribution in [0.4, 0.5) is 0 Å². The van der Waals surface area contributed by atoms with Gasteiger partial charge in [0, 0.05) is 13.0 Å². The normalized spacial score (nSPS) is 12.8. The summed E-state index contributed by atoms with van der Waals surface area (Å²) in [5.74, 6) is -1.65. The van der Waals surface area contributed by atoms with E-state index in [9.17, 15) is 18.0 Å². The molecule has 1 heterocycles. The molecule has 1 amide bonds. The zero-order valence-electron chi connectivity index (χ0n) is 10.8. The van der Waals surface area contributed by atoms with Crippen molar-refractivity contribution in [2.24, 2.45) is 5.92 Å². The molecule has 0 spiro atoms. The minimum atomic E-state index is -3.66. The molecule has 0 fully saturated rings. The van der Waals surface area contributed by atoms with Gasteiger partial charge in [-0.15, -0.1) is 11.3 Å². The molecule has 0 aliphatic carbocycles. The van der Waals surface area contributed by atoms with E-state index >= 15 is 0 Å². The second kappa shape index (κ2) is 7.36. The molecule has 0 radical (unpaired) electrons. The van der Waals surface area contributed by atoms with E-state index in [4.69, 9.17) is 5.11 Å². The van der Waals surface area contributed by atoms with Crippen LogP contribution in [0.1, 0.15) is 13.3 Å². The zero-order valence-corrected chi connectivity index (χ0v) is 12.5. The topological polar surface area (TPSA) is 113 Å². The highest BCUT2D eigenvalue weighted by Gasteiger charge is 2.16. The van der Waals surface area contributed by atoms with E-state index in [2.05, 4.69) is 10.0 Å². The first-order valence-electron chi connectivity index (χ1n) is 5.83. The molecule has 0 saturated carbocycles. The lowest BCUT2D eigenvalue weighted by Crippen LogP contribution is -2.38. The summed E-state index contributed by atoms with van der Waals surface area (Å²) in [5.41, 5.74) is 0. The number of rotatable bonds is 8. The molecule has 1 aromatic rings. The first-order chi connectivity index (χ1) is 9.31. The van der Waals surface area contributed by atoms with Gasteiger partial charge in [0.25, 0.3) is 10.0 Å². The molecule has 0 aromatic carbocycles. The smallest absolute Gasteiger partial charge is 0.303 e. The van der Waals surface area contributed by atoms with Gasteiger partial charge in [-0.3, -0.25) is 9.59 Å². The van der Waals surface area contributed by atoms with E-state index in [1.807, 2.05) is 0 Å². The number of aliphatic carboxylic acids is 1. The third-order valence-corrected chi connectivity index (χ3v) is 5.15. The lowest BCUT2D eigenvalue weighted by molar-refractivity contribution is -0.138. The summed E-state index contributed by atoms with van der Waals surface area (Å²) in [6.07, 6.45) is -0.0544. The van der Waals surface area contributed by atoms with Crippen molar-refractivity contribution in [3.63, 3.8) is 0 Å².